The Labute approximate surface area is 184 Å². The van der Waals surface area contributed by atoms with Gasteiger partial charge in [-0.05, 0) is 29.6 Å². The van der Waals surface area contributed by atoms with Crippen LogP contribution in [-0.4, -0.2) is 27.1 Å². The average molecular weight is 453 g/mol. The van der Waals surface area contributed by atoms with E-state index < -0.39 is 22.3 Å². The lowest BCUT2D eigenvalue weighted by Crippen LogP contribution is -2.18. The molecule has 2 N–H and O–H groups in total. The summed E-state index contributed by atoms with van der Waals surface area (Å²) in [4.78, 5) is 28.6. The predicted molar refractivity (Wildman–Crippen MR) is 120 cm³/mol. The third-order valence-corrected chi connectivity index (χ3v) is 5.50. The molecule has 0 bridgehead atoms. The van der Waals surface area contributed by atoms with Gasteiger partial charge in [0, 0.05) is 22.0 Å². The van der Waals surface area contributed by atoms with Gasteiger partial charge in [0.2, 0.25) is 5.75 Å². The second kappa shape index (κ2) is 8.50. The van der Waals surface area contributed by atoms with Crippen molar-refractivity contribution in [2.24, 2.45) is 5.10 Å². The molecule has 0 aliphatic carbocycles. The van der Waals surface area contributed by atoms with E-state index in [-0.39, 0.29) is 10.6 Å². The standard InChI is InChI=1S/C21H13ClN4O4S/c22-13-8-12(20(27)18(9-13)26(29)30)11-23-25-21(28)15-10-17(19-6-3-7-31-19)24-16-5-2-1-4-14(15)16/h1-11,27H,(H,25,28). The van der Waals surface area contributed by atoms with E-state index in [9.17, 15) is 20.0 Å². The summed E-state index contributed by atoms with van der Waals surface area (Å²) in [5.74, 6) is -1.09. The summed E-state index contributed by atoms with van der Waals surface area (Å²) < 4.78 is 0. The molecule has 31 heavy (non-hydrogen) atoms. The van der Waals surface area contributed by atoms with Gasteiger partial charge in [0.1, 0.15) is 0 Å². The topological polar surface area (TPSA) is 118 Å². The maximum Gasteiger partial charge on any atom is 0.312 e. The number of benzene rings is 2. The summed E-state index contributed by atoms with van der Waals surface area (Å²) in [6.45, 7) is 0. The van der Waals surface area contributed by atoms with Gasteiger partial charge in [-0.2, -0.15) is 5.10 Å². The molecule has 0 atom stereocenters. The Morgan fingerprint density at radius 2 is 2.03 bits per heavy atom. The Kier molecular flexibility index (Phi) is 5.61. The fourth-order valence-corrected chi connectivity index (χ4v) is 3.88. The molecule has 0 saturated carbocycles. The van der Waals surface area contributed by atoms with Gasteiger partial charge in [0.05, 0.1) is 32.8 Å². The molecule has 2 heterocycles. The number of halogens is 1. The number of nitro benzene ring substituents is 1. The fraction of sp³-hybridized carbons (Fsp3) is 0. The fourth-order valence-electron chi connectivity index (χ4n) is 2.98. The first kappa shape index (κ1) is 20.5. The normalized spacial score (nSPS) is 11.1. The quantitative estimate of drug-likeness (QED) is 0.251. The molecule has 0 aliphatic rings. The smallest absolute Gasteiger partial charge is 0.312 e. The Morgan fingerprint density at radius 3 is 2.77 bits per heavy atom. The van der Waals surface area contributed by atoms with Crippen LogP contribution in [0.1, 0.15) is 15.9 Å². The predicted octanol–water partition coefficient (Wildman–Crippen LogP) is 4.99. The molecule has 0 radical (unpaired) electrons. The van der Waals surface area contributed by atoms with Crippen molar-refractivity contribution >= 4 is 51.6 Å². The van der Waals surface area contributed by atoms with Crippen LogP contribution in [0.3, 0.4) is 0 Å². The minimum absolute atomic E-state index is 0.00152. The number of thiophene rings is 1. The number of rotatable bonds is 5. The zero-order chi connectivity index (χ0) is 22.0. The zero-order valence-corrected chi connectivity index (χ0v) is 17.2. The van der Waals surface area contributed by atoms with Crippen molar-refractivity contribution in [3.05, 3.63) is 86.2 Å². The van der Waals surface area contributed by atoms with E-state index in [1.54, 1.807) is 18.2 Å². The highest BCUT2D eigenvalue weighted by Gasteiger charge is 2.18. The van der Waals surface area contributed by atoms with E-state index in [4.69, 9.17) is 11.6 Å². The molecule has 10 heteroatoms. The van der Waals surface area contributed by atoms with Crippen molar-refractivity contribution in [1.29, 1.82) is 0 Å². The first-order chi connectivity index (χ1) is 14.9. The van der Waals surface area contributed by atoms with E-state index >= 15 is 0 Å². The number of fused-ring (bicyclic) bond motifs is 1. The number of hydrogen-bond donors (Lipinski definition) is 2. The Morgan fingerprint density at radius 1 is 1.23 bits per heavy atom. The zero-order valence-electron chi connectivity index (χ0n) is 15.7. The number of amides is 1. The lowest BCUT2D eigenvalue weighted by molar-refractivity contribution is -0.385. The van der Waals surface area contributed by atoms with Gasteiger partial charge in [0.25, 0.3) is 5.91 Å². The van der Waals surface area contributed by atoms with E-state index in [0.29, 0.717) is 22.2 Å². The SMILES string of the molecule is O=C(NN=Cc1cc(Cl)cc([N+](=O)[O-])c1O)c1cc(-c2cccs2)nc2ccccc12. The molecule has 154 valence electrons. The van der Waals surface area contributed by atoms with Crippen molar-refractivity contribution in [3.63, 3.8) is 0 Å². The van der Waals surface area contributed by atoms with Crippen molar-refractivity contribution in [1.82, 2.24) is 10.4 Å². The van der Waals surface area contributed by atoms with Gasteiger partial charge in [-0.25, -0.2) is 10.4 Å². The van der Waals surface area contributed by atoms with Crippen LogP contribution in [0.4, 0.5) is 5.69 Å². The minimum atomic E-state index is -0.758. The Hall–Kier alpha value is -3.82. The van der Waals surface area contributed by atoms with Crippen molar-refractivity contribution < 1.29 is 14.8 Å². The van der Waals surface area contributed by atoms with E-state index in [2.05, 4.69) is 15.5 Å². The number of hydrazone groups is 1. The van der Waals surface area contributed by atoms with Crippen LogP contribution < -0.4 is 5.43 Å². The number of nitro groups is 1. The monoisotopic (exact) mass is 452 g/mol. The summed E-state index contributed by atoms with van der Waals surface area (Å²) in [5, 5.41) is 27.5. The third kappa shape index (κ3) is 4.23. The van der Waals surface area contributed by atoms with E-state index in [0.717, 1.165) is 17.2 Å². The largest absolute Gasteiger partial charge is 0.502 e. The highest BCUT2D eigenvalue weighted by molar-refractivity contribution is 7.13. The van der Waals surface area contributed by atoms with Crippen molar-refractivity contribution in [3.8, 4) is 16.3 Å². The number of phenols is 1. The summed E-state index contributed by atoms with van der Waals surface area (Å²) in [7, 11) is 0. The molecule has 0 spiro atoms. The van der Waals surface area contributed by atoms with Crippen LogP contribution in [0, 0.1) is 10.1 Å². The summed E-state index contributed by atoms with van der Waals surface area (Å²) in [6, 6.07) is 15.1. The van der Waals surface area contributed by atoms with Gasteiger partial charge in [-0.3, -0.25) is 14.9 Å². The average Bonchev–Trinajstić information content (AvgIpc) is 3.29. The molecule has 2 aromatic heterocycles. The number of carbonyl (C=O) groups is 1. The first-order valence-electron chi connectivity index (χ1n) is 8.88. The molecule has 0 fully saturated rings. The molecule has 8 nitrogen and oxygen atoms in total. The maximum absolute atomic E-state index is 12.9. The molecular weight excluding hydrogens is 440 g/mol. The number of para-hydroxylation sites is 1. The second-order valence-corrected chi connectivity index (χ2v) is 7.75. The molecule has 4 rings (SSSR count). The molecule has 1 amide bonds. The summed E-state index contributed by atoms with van der Waals surface area (Å²) >= 11 is 7.37. The minimum Gasteiger partial charge on any atom is -0.502 e. The van der Waals surface area contributed by atoms with Crippen LogP contribution in [0.15, 0.2) is 65.1 Å². The van der Waals surface area contributed by atoms with E-state index in [1.165, 1.54) is 17.4 Å². The highest BCUT2D eigenvalue weighted by Crippen LogP contribution is 2.32. The van der Waals surface area contributed by atoms with Crippen LogP contribution in [0.5, 0.6) is 5.75 Å². The summed E-state index contributed by atoms with van der Waals surface area (Å²) in [6.07, 6.45) is 1.09. The van der Waals surface area contributed by atoms with Crippen molar-refractivity contribution in [2.45, 2.75) is 0 Å². The number of aromatic hydroxyl groups is 1. The van der Waals surface area contributed by atoms with Gasteiger partial charge < -0.3 is 5.11 Å². The number of aromatic nitrogens is 1. The number of nitrogens with zero attached hydrogens (tertiary/aromatic N) is 3. The molecule has 0 aliphatic heterocycles. The molecule has 4 aromatic rings. The highest BCUT2D eigenvalue weighted by atomic mass is 35.5. The van der Waals surface area contributed by atoms with Gasteiger partial charge in [-0.1, -0.05) is 35.9 Å². The molecule has 0 unspecified atom stereocenters. The lowest BCUT2D eigenvalue weighted by atomic mass is 10.1. The molecule has 2 aromatic carbocycles. The number of pyridine rings is 1. The summed E-state index contributed by atoms with van der Waals surface area (Å²) in [5.41, 5.74) is 3.52. The lowest BCUT2D eigenvalue weighted by Gasteiger charge is -2.08. The number of hydrogen-bond acceptors (Lipinski definition) is 7. The van der Waals surface area contributed by atoms with E-state index in [1.807, 2.05) is 29.6 Å². The van der Waals surface area contributed by atoms with Gasteiger partial charge in [-0.15, -0.1) is 11.3 Å². The Balaban J connectivity index is 1.66. The maximum atomic E-state index is 12.9. The number of carbonyl (C=O) groups excluding carboxylic acids is 1. The van der Waals surface area contributed by atoms with Gasteiger partial charge >= 0.3 is 5.69 Å². The molecule has 0 saturated heterocycles. The number of phenolic OH excluding ortho intramolecular Hbond substituents is 1. The van der Waals surface area contributed by atoms with Crippen LogP contribution in [0.2, 0.25) is 5.02 Å². The number of nitrogens with one attached hydrogen (secondary N) is 1. The third-order valence-electron chi connectivity index (χ3n) is 4.38. The van der Waals surface area contributed by atoms with Crippen LogP contribution in [0.25, 0.3) is 21.5 Å². The van der Waals surface area contributed by atoms with Crippen LogP contribution >= 0.6 is 22.9 Å². The first-order valence-corrected chi connectivity index (χ1v) is 10.1. The Bertz CT molecular complexity index is 1340. The molecular formula is C21H13ClN4O4S. The second-order valence-electron chi connectivity index (χ2n) is 6.37. The van der Waals surface area contributed by atoms with Gasteiger partial charge in [0.15, 0.2) is 0 Å². The van der Waals surface area contributed by atoms with Crippen molar-refractivity contribution in [2.75, 3.05) is 0 Å². The van der Waals surface area contributed by atoms with Crippen LogP contribution in [-0.2, 0) is 0 Å².